The number of aryl methyl sites for hydroxylation is 2. The van der Waals surface area contributed by atoms with Gasteiger partial charge in [0.2, 0.25) is 5.91 Å². The molecule has 0 N–H and O–H groups in total. The molecule has 0 unspecified atom stereocenters. The summed E-state index contributed by atoms with van der Waals surface area (Å²) in [4.78, 5) is 26.7. The maximum Gasteiger partial charge on any atom is 0.260 e. The average Bonchev–Trinajstić information content (AvgIpc) is 2.97. The van der Waals surface area contributed by atoms with E-state index in [0.717, 1.165) is 25.8 Å². The third kappa shape index (κ3) is 13.9. The first-order chi connectivity index (χ1) is 20.0. The molecule has 0 spiro atoms. The largest absolute Gasteiger partial charge is 0.492 e. The van der Waals surface area contributed by atoms with Crippen LogP contribution < -0.4 is 9.30 Å². The smallest absolute Gasteiger partial charge is 0.260 e. The van der Waals surface area contributed by atoms with Gasteiger partial charge in [0.1, 0.15) is 12.3 Å². The number of aromatic nitrogens is 1. The molecular formula is C35H54ClN2O3+. The van der Waals surface area contributed by atoms with Crippen molar-refractivity contribution in [3.63, 3.8) is 0 Å². The fourth-order valence-corrected chi connectivity index (χ4v) is 5.49. The maximum absolute atomic E-state index is 13.1. The number of unbranched alkanes of at least 4 members (excludes halogenated alkanes) is 13. The zero-order valence-electron chi connectivity index (χ0n) is 26.0. The van der Waals surface area contributed by atoms with Crippen LogP contribution in [-0.2, 0) is 17.8 Å². The lowest BCUT2D eigenvalue weighted by atomic mass is 10.0. The molecule has 2 rings (SSSR count). The molecule has 0 saturated heterocycles. The molecular weight excluding hydrogens is 532 g/mol. The number of rotatable bonds is 22. The maximum atomic E-state index is 13.1. The van der Waals surface area contributed by atoms with Gasteiger partial charge in [-0.15, -0.1) is 0 Å². The molecule has 2 amide bonds. The van der Waals surface area contributed by atoms with E-state index >= 15 is 0 Å². The first-order valence-corrected chi connectivity index (χ1v) is 16.6. The minimum absolute atomic E-state index is 0.263. The number of pyridine rings is 1. The second-order valence-corrected chi connectivity index (χ2v) is 11.6. The highest BCUT2D eigenvalue weighted by atomic mass is 35.5. The number of hydrogen-bond donors (Lipinski definition) is 0. The van der Waals surface area contributed by atoms with Gasteiger partial charge < -0.3 is 4.74 Å². The Labute approximate surface area is 254 Å². The molecule has 0 saturated carbocycles. The first-order valence-electron chi connectivity index (χ1n) is 16.2. The molecule has 0 bridgehead atoms. The Kier molecular flexibility index (Phi) is 18.1. The van der Waals surface area contributed by atoms with Gasteiger partial charge in [-0.1, -0.05) is 108 Å². The van der Waals surface area contributed by atoms with E-state index in [0.29, 0.717) is 35.9 Å². The van der Waals surface area contributed by atoms with E-state index < -0.39 is 0 Å². The van der Waals surface area contributed by atoms with Crippen LogP contribution in [0.4, 0.5) is 0 Å². The van der Waals surface area contributed by atoms with Crippen molar-refractivity contribution in [1.29, 1.82) is 0 Å². The van der Waals surface area contributed by atoms with Crippen molar-refractivity contribution < 1.29 is 18.9 Å². The highest BCUT2D eigenvalue weighted by Gasteiger charge is 2.21. The van der Waals surface area contributed by atoms with E-state index in [-0.39, 0.29) is 11.8 Å². The van der Waals surface area contributed by atoms with E-state index in [2.05, 4.69) is 24.5 Å². The summed E-state index contributed by atoms with van der Waals surface area (Å²) < 4.78 is 8.07. The Bertz CT molecular complexity index is 1030. The number of ether oxygens (including phenoxy) is 1. The van der Waals surface area contributed by atoms with Crippen LogP contribution in [0, 0.1) is 0 Å². The van der Waals surface area contributed by atoms with Crippen molar-refractivity contribution >= 4 is 23.4 Å². The Balaban J connectivity index is 1.64. The Morgan fingerprint density at radius 3 is 1.98 bits per heavy atom. The lowest BCUT2D eigenvalue weighted by Crippen LogP contribution is -2.38. The van der Waals surface area contributed by atoms with Crippen LogP contribution >= 0.6 is 11.6 Å². The van der Waals surface area contributed by atoms with Crippen molar-refractivity contribution in [2.75, 3.05) is 13.2 Å². The Morgan fingerprint density at radius 1 is 0.805 bits per heavy atom. The van der Waals surface area contributed by atoms with E-state index in [1.54, 1.807) is 18.2 Å². The lowest BCUT2D eigenvalue weighted by Gasteiger charge is -2.19. The fourth-order valence-electron chi connectivity index (χ4n) is 5.25. The van der Waals surface area contributed by atoms with E-state index in [1.807, 2.05) is 18.3 Å². The third-order valence-electron chi connectivity index (χ3n) is 7.75. The number of amides is 2. The van der Waals surface area contributed by atoms with Gasteiger partial charge in [-0.25, -0.2) is 4.57 Å². The lowest BCUT2D eigenvalue weighted by molar-refractivity contribution is -0.700. The number of benzene rings is 1. The molecule has 0 aliphatic heterocycles. The zero-order valence-corrected chi connectivity index (χ0v) is 26.7. The van der Waals surface area contributed by atoms with Gasteiger partial charge in [-0.3, -0.25) is 14.5 Å². The molecule has 0 aliphatic rings. The third-order valence-corrected chi connectivity index (χ3v) is 8.04. The molecule has 0 aliphatic carbocycles. The van der Waals surface area contributed by atoms with Crippen LogP contribution in [-0.4, -0.2) is 29.9 Å². The summed E-state index contributed by atoms with van der Waals surface area (Å²) in [6, 6.07) is 11.2. The monoisotopic (exact) mass is 585 g/mol. The Morgan fingerprint density at radius 2 is 1.41 bits per heavy atom. The zero-order chi connectivity index (χ0) is 29.7. The molecule has 5 nitrogen and oxygen atoms in total. The van der Waals surface area contributed by atoms with Gasteiger partial charge >= 0.3 is 0 Å². The van der Waals surface area contributed by atoms with E-state index in [1.165, 1.54) is 94.6 Å². The van der Waals surface area contributed by atoms with Crippen LogP contribution in [0.2, 0.25) is 5.02 Å². The topological polar surface area (TPSA) is 50.5 Å². The van der Waals surface area contributed by atoms with Gasteiger partial charge in [0, 0.05) is 37.6 Å². The van der Waals surface area contributed by atoms with Gasteiger partial charge in [0.25, 0.3) is 5.91 Å². The highest BCUT2D eigenvalue weighted by molar-refractivity contribution is 6.32. The minimum atomic E-state index is -0.325. The quantitative estimate of drug-likeness (QED) is 0.102. The standard InChI is InChI=1S/C35H54ClN2O3/c1-4-6-7-8-9-10-11-12-13-14-15-16-17-20-28-41-34-25-24-31(29-33(34)36)35(40)38(30(3)39)27-21-23-32-22-18-19-26-37(32)5-2/h18-19,22,24-26,29H,4-17,20-21,23,27-28H2,1-3H3/q+1. The van der Waals surface area contributed by atoms with Crippen molar-refractivity contribution in [2.45, 2.75) is 130 Å². The minimum Gasteiger partial charge on any atom is -0.492 e. The van der Waals surface area contributed by atoms with Crippen LogP contribution in [0.5, 0.6) is 5.75 Å². The average molecular weight is 586 g/mol. The molecule has 1 aromatic heterocycles. The SMILES string of the molecule is CCCCCCCCCCCCCCCCOc1ccc(C(=O)N(CCCc2cccc[n+]2CC)C(C)=O)cc1Cl. The molecule has 1 aromatic carbocycles. The summed E-state index contributed by atoms with van der Waals surface area (Å²) in [5, 5.41) is 0.401. The van der Waals surface area contributed by atoms with Crippen LogP contribution in [0.15, 0.2) is 42.6 Å². The molecule has 6 heteroatoms. The van der Waals surface area contributed by atoms with Gasteiger partial charge in [0.15, 0.2) is 11.9 Å². The molecule has 2 aromatic rings. The number of nitrogens with zero attached hydrogens (tertiary/aromatic N) is 2. The van der Waals surface area contributed by atoms with Crippen LogP contribution in [0.25, 0.3) is 0 Å². The number of carbonyl (C=O) groups is 2. The van der Waals surface area contributed by atoms with Gasteiger partial charge in [0.05, 0.1) is 11.6 Å². The number of carbonyl (C=O) groups excluding carboxylic acids is 2. The van der Waals surface area contributed by atoms with Crippen molar-refractivity contribution in [1.82, 2.24) is 4.90 Å². The molecule has 0 radical (unpaired) electrons. The second kappa shape index (κ2) is 21.3. The van der Waals surface area contributed by atoms with E-state index in [4.69, 9.17) is 16.3 Å². The number of imide groups is 1. The molecule has 41 heavy (non-hydrogen) atoms. The summed E-state index contributed by atoms with van der Waals surface area (Å²) in [6.45, 7) is 7.67. The summed E-state index contributed by atoms with van der Waals surface area (Å²) in [7, 11) is 0. The van der Waals surface area contributed by atoms with E-state index in [9.17, 15) is 9.59 Å². The fraction of sp³-hybridized carbons (Fsp3) is 0.629. The number of halogens is 1. The van der Waals surface area contributed by atoms with Gasteiger partial charge in [-0.2, -0.15) is 0 Å². The van der Waals surface area contributed by atoms with Gasteiger partial charge in [-0.05, 0) is 38.0 Å². The van der Waals surface area contributed by atoms with Crippen molar-refractivity contribution in [3.05, 3.63) is 58.9 Å². The highest BCUT2D eigenvalue weighted by Crippen LogP contribution is 2.26. The summed E-state index contributed by atoms with van der Waals surface area (Å²) in [6.07, 6.45) is 22.0. The summed E-state index contributed by atoms with van der Waals surface area (Å²) >= 11 is 6.46. The molecule has 228 valence electrons. The summed E-state index contributed by atoms with van der Waals surface area (Å²) in [5.41, 5.74) is 1.59. The van der Waals surface area contributed by atoms with Crippen molar-refractivity contribution in [3.8, 4) is 5.75 Å². The summed E-state index contributed by atoms with van der Waals surface area (Å²) in [5.74, 6) is -0.00415. The molecule has 0 atom stereocenters. The van der Waals surface area contributed by atoms with Crippen LogP contribution in [0.1, 0.15) is 133 Å². The first kappa shape index (κ1) is 34.8. The normalized spacial score (nSPS) is 11.0. The Hall–Kier alpha value is -2.40. The number of hydrogen-bond acceptors (Lipinski definition) is 3. The predicted octanol–water partition coefficient (Wildman–Crippen LogP) is 9.13. The molecule has 1 heterocycles. The second-order valence-electron chi connectivity index (χ2n) is 11.1. The predicted molar refractivity (Wildman–Crippen MR) is 170 cm³/mol. The van der Waals surface area contributed by atoms with Crippen LogP contribution in [0.3, 0.4) is 0 Å². The van der Waals surface area contributed by atoms with Crippen molar-refractivity contribution in [2.24, 2.45) is 0 Å². The molecule has 0 fully saturated rings.